The highest BCUT2D eigenvalue weighted by molar-refractivity contribution is 5.92. The number of carboxylic acid groups (broad SMARTS) is 2. The fourth-order valence-corrected chi connectivity index (χ4v) is 5.89. The van der Waals surface area contributed by atoms with Crippen LogP contribution in [0.25, 0.3) is 0 Å². The maximum absolute atomic E-state index is 14.1. The van der Waals surface area contributed by atoms with E-state index in [1.54, 1.807) is 0 Å². The monoisotopic (exact) mass is 682 g/mol. The number of amides is 3. The van der Waals surface area contributed by atoms with Crippen LogP contribution in [0, 0.1) is 0 Å². The highest BCUT2D eigenvalue weighted by atomic mass is 16.6. The summed E-state index contributed by atoms with van der Waals surface area (Å²) in [5.74, 6) is -5.85. The topological polar surface area (TPSA) is 328 Å². The summed E-state index contributed by atoms with van der Waals surface area (Å²) in [6.07, 6.45) is -16.8. The lowest BCUT2D eigenvalue weighted by Crippen LogP contribution is -2.76. The summed E-state index contributed by atoms with van der Waals surface area (Å²) in [6.45, 7) is 2.20. The van der Waals surface area contributed by atoms with E-state index in [0.717, 1.165) is 13.8 Å². The lowest BCUT2D eigenvalue weighted by Gasteiger charge is -2.52. The van der Waals surface area contributed by atoms with Gasteiger partial charge >= 0.3 is 11.9 Å². The standard InChI is InChI=1S/C27H46N4O16/c1-10(45-22-18(30-13(4)35)25(42)47-15(9-33)20(22)39)7-31(24(41)11(2)29-12(3)34)27(26(43)44,6-5-16(36)37)23-17(28)21(40)19(38)14(8-32)46-23/h10-11,14-15,17-23,25,32-33,38-40,42H,5-9,28H2,1-4H3,(H,29,34)(H,30,35)(H,36,37)(H,43,44)/t10?,11-,14+,15+,17+,18+,19+,20+,21+,22+,23?,25-,27-/m0/s1. The van der Waals surface area contributed by atoms with E-state index < -0.39 is 141 Å². The van der Waals surface area contributed by atoms with Crippen LogP contribution in [-0.4, -0.2) is 174 Å². The molecule has 2 unspecified atom stereocenters. The van der Waals surface area contributed by atoms with Gasteiger partial charge in [0.25, 0.3) is 0 Å². The summed E-state index contributed by atoms with van der Waals surface area (Å²) < 4.78 is 16.8. The quantitative estimate of drug-likeness (QED) is 0.0766. The number of aliphatic hydroxyl groups excluding tert-OH is 6. The lowest BCUT2D eigenvalue weighted by atomic mass is 9.76. The van der Waals surface area contributed by atoms with Gasteiger partial charge in [0.1, 0.15) is 54.8 Å². The van der Waals surface area contributed by atoms with Gasteiger partial charge in [-0.25, -0.2) is 4.79 Å². The van der Waals surface area contributed by atoms with Gasteiger partial charge in [-0.05, 0) is 20.3 Å². The first-order valence-electron chi connectivity index (χ1n) is 14.8. The van der Waals surface area contributed by atoms with Crippen LogP contribution in [0.2, 0.25) is 0 Å². The zero-order chi connectivity index (χ0) is 36.0. The van der Waals surface area contributed by atoms with E-state index in [1.807, 2.05) is 0 Å². The normalized spacial score (nSPS) is 33.5. The average Bonchev–Trinajstić information content (AvgIpc) is 2.98. The Hall–Kier alpha value is -3.05. The third-order valence-electron chi connectivity index (χ3n) is 8.15. The van der Waals surface area contributed by atoms with Crippen LogP contribution < -0.4 is 16.4 Å². The molecule has 0 aliphatic carbocycles. The summed E-state index contributed by atoms with van der Waals surface area (Å²) in [6, 6.07) is -4.65. The molecule has 0 aromatic heterocycles. The van der Waals surface area contributed by atoms with Crippen molar-refractivity contribution in [3.63, 3.8) is 0 Å². The number of aliphatic hydroxyl groups is 6. The number of carboxylic acids is 2. The average molecular weight is 683 g/mol. The van der Waals surface area contributed by atoms with Gasteiger partial charge in [0, 0.05) is 26.8 Å². The number of hydrogen-bond acceptors (Lipinski definition) is 15. The lowest BCUT2D eigenvalue weighted by molar-refractivity contribution is -0.269. The molecule has 12 N–H and O–H groups in total. The fourth-order valence-electron chi connectivity index (χ4n) is 5.89. The molecule has 0 saturated carbocycles. The molecule has 0 aromatic carbocycles. The van der Waals surface area contributed by atoms with Gasteiger partial charge < -0.3 is 76.3 Å². The molecule has 47 heavy (non-hydrogen) atoms. The van der Waals surface area contributed by atoms with E-state index in [2.05, 4.69) is 10.6 Å². The fraction of sp³-hybridized carbons (Fsp3) is 0.815. The molecule has 0 bridgehead atoms. The first-order valence-corrected chi connectivity index (χ1v) is 14.8. The first-order chi connectivity index (χ1) is 21.8. The number of nitrogens with one attached hydrogen (secondary N) is 2. The number of carbonyl (C=O) groups excluding carboxylic acids is 3. The van der Waals surface area contributed by atoms with Crippen LogP contribution >= 0.6 is 0 Å². The SMILES string of the molecule is CC(=O)N[C@@H]1[C@@H](OC(C)CN(C(=O)[C@H](C)NC(C)=O)[C@](CCC(=O)O)(C(=O)O)C2O[C@H](CO)[C@@H](O)[C@H](O)[C@H]2N)[C@H](O)[C@@H](CO)O[C@@H]1O. The van der Waals surface area contributed by atoms with Crippen molar-refractivity contribution in [2.45, 2.75) is 119 Å². The first kappa shape index (κ1) is 40.1. The Balaban J connectivity index is 2.72. The number of aliphatic carboxylic acids is 2. The molecule has 13 atom stereocenters. The Morgan fingerprint density at radius 1 is 0.915 bits per heavy atom. The Bertz CT molecular complexity index is 1130. The van der Waals surface area contributed by atoms with Crippen LogP contribution in [0.5, 0.6) is 0 Å². The van der Waals surface area contributed by atoms with Crippen molar-refractivity contribution < 1.29 is 79.0 Å². The molecule has 2 saturated heterocycles. The molecule has 2 fully saturated rings. The second-order valence-corrected chi connectivity index (χ2v) is 11.7. The van der Waals surface area contributed by atoms with Crippen molar-refractivity contribution in [2.24, 2.45) is 5.73 Å². The highest BCUT2D eigenvalue weighted by Gasteiger charge is 2.61. The van der Waals surface area contributed by atoms with Crippen molar-refractivity contribution in [1.29, 1.82) is 0 Å². The van der Waals surface area contributed by atoms with E-state index >= 15 is 0 Å². The Kier molecular flexibility index (Phi) is 14.4. The van der Waals surface area contributed by atoms with Crippen LogP contribution in [0.4, 0.5) is 0 Å². The molecule has 3 amide bonds. The van der Waals surface area contributed by atoms with E-state index in [0.29, 0.717) is 4.90 Å². The zero-order valence-corrected chi connectivity index (χ0v) is 26.3. The number of ether oxygens (including phenoxy) is 3. The molecule has 20 nitrogen and oxygen atoms in total. The predicted octanol–water partition coefficient (Wildman–Crippen LogP) is -5.81. The van der Waals surface area contributed by atoms with Crippen molar-refractivity contribution >= 4 is 29.7 Å². The summed E-state index contributed by atoms with van der Waals surface area (Å²) in [5.41, 5.74) is 3.39. The Labute approximate surface area is 269 Å². The Morgan fingerprint density at radius 2 is 1.49 bits per heavy atom. The summed E-state index contributed by atoms with van der Waals surface area (Å²) in [7, 11) is 0. The summed E-state index contributed by atoms with van der Waals surface area (Å²) >= 11 is 0. The highest BCUT2D eigenvalue weighted by Crippen LogP contribution is 2.37. The number of hydrogen-bond donors (Lipinski definition) is 11. The number of nitrogens with zero attached hydrogens (tertiary/aromatic N) is 1. The van der Waals surface area contributed by atoms with E-state index in [9.17, 15) is 64.8 Å². The Morgan fingerprint density at radius 3 is 1.98 bits per heavy atom. The van der Waals surface area contributed by atoms with E-state index in [4.69, 9.17) is 19.9 Å². The molecule has 2 aliphatic rings. The molecule has 2 heterocycles. The molecule has 2 aliphatic heterocycles. The van der Waals surface area contributed by atoms with Gasteiger partial charge in [0.05, 0.1) is 25.4 Å². The number of carbonyl (C=O) groups is 5. The molecular weight excluding hydrogens is 636 g/mol. The molecule has 270 valence electrons. The third-order valence-corrected chi connectivity index (χ3v) is 8.15. The second kappa shape index (κ2) is 16.9. The van der Waals surface area contributed by atoms with Gasteiger partial charge in [-0.3, -0.25) is 19.2 Å². The van der Waals surface area contributed by atoms with Crippen molar-refractivity contribution in [1.82, 2.24) is 15.5 Å². The zero-order valence-electron chi connectivity index (χ0n) is 26.3. The van der Waals surface area contributed by atoms with Gasteiger partial charge in [-0.15, -0.1) is 0 Å². The smallest absolute Gasteiger partial charge is 0.332 e. The largest absolute Gasteiger partial charge is 0.481 e. The maximum Gasteiger partial charge on any atom is 0.332 e. The summed E-state index contributed by atoms with van der Waals surface area (Å²) in [5, 5.41) is 87.0. The second-order valence-electron chi connectivity index (χ2n) is 11.7. The molecule has 20 heteroatoms. The third kappa shape index (κ3) is 9.10. The minimum atomic E-state index is -2.77. The molecule has 2 rings (SSSR count). The molecule has 0 aromatic rings. The molecule has 0 radical (unpaired) electrons. The van der Waals surface area contributed by atoms with E-state index in [-0.39, 0.29) is 0 Å². The molecular formula is C27H46N4O16. The van der Waals surface area contributed by atoms with Crippen LogP contribution in [0.15, 0.2) is 0 Å². The number of nitrogens with two attached hydrogens (primary N) is 1. The van der Waals surface area contributed by atoms with Crippen molar-refractivity contribution in [3.05, 3.63) is 0 Å². The van der Waals surface area contributed by atoms with Gasteiger partial charge in [-0.1, -0.05) is 0 Å². The predicted molar refractivity (Wildman–Crippen MR) is 154 cm³/mol. The van der Waals surface area contributed by atoms with Gasteiger partial charge in [0.2, 0.25) is 17.7 Å². The van der Waals surface area contributed by atoms with Crippen LogP contribution in [-0.2, 0) is 38.2 Å². The minimum absolute atomic E-state index is 0.631. The number of rotatable bonds is 15. The summed E-state index contributed by atoms with van der Waals surface area (Å²) in [4.78, 5) is 63.6. The minimum Gasteiger partial charge on any atom is -0.481 e. The van der Waals surface area contributed by atoms with E-state index in [1.165, 1.54) is 13.8 Å². The van der Waals surface area contributed by atoms with Crippen molar-refractivity contribution in [3.8, 4) is 0 Å². The van der Waals surface area contributed by atoms with Crippen LogP contribution in [0.1, 0.15) is 40.5 Å². The van der Waals surface area contributed by atoms with Crippen molar-refractivity contribution in [2.75, 3.05) is 19.8 Å². The molecule has 0 spiro atoms. The van der Waals surface area contributed by atoms with Crippen LogP contribution in [0.3, 0.4) is 0 Å². The van der Waals surface area contributed by atoms with Gasteiger partial charge in [0.15, 0.2) is 11.8 Å². The maximum atomic E-state index is 14.1. The van der Waals surface area contributed by atoms with Gasteiger partial charge in [-0.2, -0.15) is 0 Å².